The highest BCUT2D eigenvalue weighted by Crippen LogP contribution is 2.39. The SMILES string of the molecule is CCOCCCNC(=O)N1Cc2ccccc2-n2cccc2[C@@H]1c1ccc(OC)c(OC)c1. The number of aromatic nitrogens is 1. The maximum Gasteiger partial charge on any atom is 0.318 e. The zero-order valence-electron chi connectivity index (χ0n) is 19.4. The zero-order valence-corrected chi connectivity index (χ0v) is 19.4. The number of nitrogens with zero attached hydrogens (tertiary/aromatic N) is 2. The molecule has 0 bridgehead atoms. The van der Waals surface area contributed by atoms with Crippen LogP contribution >= 0.6 is 0 Å². The van der Waals surface area contributed by atoms with Crippen LogP contribution in [0.15, 0.2) is 60.8 Å². The molecule has 0 radical (unpaired) electrons. The minimum absolute atomic E-state index is 0.115. The molecule has 0 spiro atoms. The Morgan fingerprint density at radius 1 is 1.06 bits per heavy atom. The summed E-state index contributed by atoms with van der Waals surface area (Å²) in [5, 5.41) is 3.09. The Morgan fingerprint density at radius 3 is 2.67 bits per heavy atom. The van der Waals surface area contributed by atoms with Crippen molar-refractivity contribution >= 4 is 6.03 Å². The molecule has 2 amide bonds. The van der Waals surface area contributed by atoms with Crippen molar-refractivity contribution in [3.63, 3.8) is 0 Å². The van der Waals surface area contributed by atoms with Crippen molar-refractivity contribution in [2.45, 2.75) is 25.9 Å². The van der Waals surface area contributed by atoms with Gasteiger partial charge in [0, 0.05) is 31.6 Å². The first-order valence-electron chi connectivity index (χ1n) is 11.3. The van der Waals surface area contributed by atoms with Gasteiger partial charge < -0.3 is 29.0 Å². The summed E-state index contributed by atoms with van der Waals surface area (Å²) in [5.74, 6) is 1.28. The van der Waals surface area contributed by atoms with Gasteiger partial charge in [0.05, 0.1) is 32.5 Å². The van der Waals surface area contributed by atoms with Crippen LogP contribution < -0.4 is 14.8 Å². The van der Waals surface area contributed by atoms with Crippen LogP contribution in [0.1, 0.15) is 36.2 Å². The molecule has 1 atom stereocenters. The number of nitrogens with one attached hydrogen (secondary N) is 1. The Kier molecular flexibility index (Phi) is 7.19. The summed E-state index contributed by atoms with van der Waals surface area (Å²) < 4.78 is 18.6. The molecule has 0 saturated carbocycles. The van der Waals surface area contributed by atoms with Crippen LogP contribution in [0.4, 0.5) is 4.79 Å². The lowest BCUT2D eigenvalue weighted by atomic mass is 10.0. The van der Waals surface area contributed by atoms with E-state index in [1.807, 2.05) is 54.4 Å². The number of carbonyl (C=O) groups is 1. The average Bonchev–Trinajstić information content (AvgIpc) is 3.27. The number of hydrogen-bond donors (Lipinski definition) is 1. The molecule has 33 heavy (non-hydrogen) atoms. The molecule has 2 aromatic carbocycles. The molecular formula is C26H31N3O4. The molecule has 2 heterocycles. The van der Waals surface area contributed by atoms with E-state index in [2.05, 4.69) is 28.1 Å². The first kappa shape index (κ1) is 22.7. The summed E-state index contributed by atoms with van der Waals surface area (Å²) in [7, 11) is 3.24. The quantitative estimate of drug-likeness (QED) is 0.513. The second kappa shape index (κ2) is 10.4. The highest BCUT2D eigenvalue weighted by atomic mass is 16.5. The Hall–Kier alpha value is -3.45. The van der Waals surface area contributed by atoms with Gasteiger partial charge in [-0.3, -0.25) is 0 Å². The summed E-state index contributed by atoms with van der Waals surface area (Å²) in [4.78, 5) is 15.4. The molecule has 1 aliphatic rings. The number of amides is 2. The standard InChI is InChI=1S/C26H31N3O4/c1-4-33-16-8-14-27-26(30)29-18-20-9-5-6-10-21(20)28-15-7-11-22(28)25(29)19-12-13-23(31-2)24(17-19)32-3/h5-7,9-13,15,17,25H,4,8,14,16,18H2,1-3H3,(H,27,30)/t25-/m0/s1. The Labute approximate surface area is 194 Å². The van der Waals surface area contributed by atoms with Crippen molar-refractivity contribution in [3.05, 3.63) is 77.6 Å². The molecule has 4 rings (SSSR count). The molecule has 7 heteroatoms. The van der Waals surface area contributed by atoms with E-state index in [9.17, 15) is 4.79 Å². The topological polar surface area (TPSA) is 65.0 Å². The normalized spacial score (nSPS) is 14.8. The van der Waals surface area contributed by atoms with Crippen molar-refractivity contribution in [1.82, 2.24) is 14.8 Å². The van der Waals surface area contributed by atoms with Gasteiger partial charge in [0.25, 0.3) is 0 Å². The first-order valence-corrected chi connectivity index (χ1v) is 11.3. The first-order chi connectivity index (χ1) is 16.2. The molecule has 0 aliphatic carbocycles. The molecule has 7 nitrogen and oxygen atoms in total. The number of ether oxygens (including phenoxy) is 3. The van der Waals surface area contributed by atoms with Crippen LogP contribution in [0.3, 0.4) is 0 Å². The molecule has 0 saturated heterocycles. The predicted octanol–water partition coefficient (Wildman–Crippen LogP) is 4.54. The minimum atomic E-state index is -0.306. The van der Waals surface area contributed by atoms with Gasteiger partial charge in [-0.2, -0.15) is 0 Å². The molecule has 1 N–H and O–H groups in total. The van der Waals surface area contributed by atoms with Crippen LogP contribution in [0.2, 0.25) is 0 Å². The molecule has 3 aromatic rings. The lowest BCUT2D eigenvalue weighted by Crippen LogP contribution is -2.42. The second-order valence-electron chi connectivity index (χ2n) is 7.86. The predicted molar refractivity (Wildman–Crippen MR) is 127 cm³/mol. The summed E-state index contributed by atoms with van der Waals surface area (Å²) in [6.45, 7) is 4.30. The van der Waals surface area contributed by atoms with Crippen molar-refractivity contribution in [1.29, 1.82) is 0 Å². The number of para-hydroxylation sites is 1. The van der Waals surface area contributed by atoms with Gasteiger partial charge >= 0.3 is 6.03 Å². The Bertz CT molecular complexity index is 1090. The molecule has 174 valence electrons. The van der Waals surface area contributed by atoms with Crippen LogP contribution in [-0.2, 0) is 11.3 Å². The van der Waals surface area contributed by atoms with Crippen LogP contribution in [0, 0.1) is 0 Å². The van der Waals surface area contributed by atoms with E-state index in [4.69, 9.17) is 14.2 Å². The number of hydrogen-bond acceptors (Lipinski definition) is 4. The average molecular weight is 450 g/mol. The largest absolute Gasteiger partial charge is 0.493 e. The number of urea groups is 1. The molecule has 1 aliphatic heterocycles. The number of rotatable bonds is 8. The van der Waals surface area contributed by atoms with Gasteiger partial charge in [-0.15, -0.1) is 0 Å². The highest BCUT2D eigenvalue weighted by molar-refractivity contribution is 5.76. The lowest BCUT2D eigenvalue weighted by molar-refractivity contribution is 0.143. The van der Waals surface area contributed by atoms with Gasteiger partial charge in [-0.1, -0.05) is 24.3 Å². The molecule has 1 aromatic heterocycles. The van der Waals surface area contributed by atoms with Gasteiger partial charge in [0.15, 0.2) is 11.5 Å². The van der Waals surface area contributed by atoms with Gasteiger partial charge in [0.1, 0.15) is 0 Å². The number of benzene rings is 2. The van der Waals surface area contributed by atoms with E-state index < -0.39 is 0 Å². The molecule has 0 unspecified atom stereocenters. The summed E-state index contributed by atoms with van der Waals surface area (Å²) in [6.07, 6.45) is 2.81. The molecular weight excluding hydrogens is 418 g/mol. The third-order valence-corrected chi connectivity index (χ3v) is 5.89. The van der Waals surface area contributed by atoms with E-state index in [1.54, 1.807) is 14.2 Å². The third kappa shape index (κ3) is 4.68. The van der Waals surface area contributed by atoms with Crippen molar-refractivity contribution in [2.75, 3.05) is 34.0 Å². The van der Waals surface area contributed by atoms with E-state index in [0.29, 0.717) is 37.8 Å². The van der Waals surface area contributed by atoms with E-state index in [1.165, 1.54) is 0 Å². The van der Waals surface area contributed by atoms with Crippen LogP contribution in [-0.4, -0.2) is 49.5 Å². The van der Waals surface area contributed by atoms with Crippen molar-refractivity contribution < 1.29 is 19.0 Å². The summed E-state index contributed by atoms with van der Waals surface area (Å²) >= 11 is 0. The number of carbonyl (C=O) groups excluding carboxylic acids is 1. The second-order valence-corrected chi connectivity index (χ2v) is 7.86. The lowest BCUT2D eigenvalue weighted by Gasteiger charge is -2.31. The fourth-order valence-electron chi connectivity index (χ4n) is 4.33. The monoisotopic (exact) mass is 449 g/mol. The Balaban J connectivity index is 1.75. The number of fused-ring (bicyclic) bond motifs is 3. The Morgan fingerprint density at radius 2 is 1.88 bits per heavy atom. The maximum atomic E-state index is 13.5. The smallest absolute Gasteiger partial charge is 0.318 e. The van der Waals surface area contributed by atoms with E-state index in [-0.39, 0.29) is 12.1 Å². The summed E-state index contributed by atoms with van der Waals surface area (Å²) in [6, 6.07) is 17.7. The van der Waals surface area contributed by atoms with Crippen LogP contribution in [0.5, 0.6) is 11.5 Å². The fourth-order valence-corrected chi connectivity index (χ4v) is 4.33. The van der Waals surface area contributed by atoms with Gasteiger partial charge in [-0.05, 0) is 54.8 Å². The van der Waals surface area contributed by atoms with E-state index in [0.717, 1.165) is 28.9 Å². The van der Waals surface area contributed by atoms with Crippen LogP contribution in [0.25, 0.3) is 5.69 Å². The molecule has 0 fully saturated rings. The van der Waals surface area contributed by atoms with Crippen molar-refractivity contribution in [3.8, 4) is 17.2 Å². The van der Waals surface area contributed by atoms with Gasteiger partial charge in [0.2, 0.25) is 0 Å². The minimum Gasteiger partial charge on any atom is -0.493 e. The van der Waals surface area contributed by atoms with E-state index >= 15 is 0 Å². The van der Waals surface area contributed by atoms with Gasteiger partial charge in [-0.25, -0.2) is 4.79 Å². The zero-order chi connectivity index (χ0) is 23.2. The van der Waals surface area contributed by atoms with Crippen molar-refractivity contribution in [2.24, 2.45) is 0 Å². The summed E-state index contributed by atoms with van der Waals surface area (Å²) in [5.41, 5.74) is 4.12. The third-order valence-electron chi connectivity index (χ3n) is 5.89. The number of methoxy groups -OCH3 is 2. The maximum absolute atomic E-state index is 13.5. The highest BCUT2D eigenvalue weighted by Gasteiger charge is 2.33. The fraction of sp³-hybridized carbons (Fsp3) is 0.346.